The van der Waals surface area contributed by atoms with E-state index in [2.05, 4.69) is 9.62 Å². The Morgan fingerprint density at radius 2 is 1.89 bits per heavy atom. The summed E-state index contributed by atoms with van der Waals surface area (Å²) in [6.45, 7) is 2.82. The van der Waals surface area contributed by atoms with E-state index in [1.54, 1.807) is 0 Å². The van der Waals surface area contributed by atoms with Crippen molar-refractivity contribution < 1.29 is 12.8 Å². The van der Waals surface area contributed by atoms with Crippen LogP contribution in [0, 0.1) is 11.7 Å². The number of fused-ring (bicyclic) bond motifs is 3. The van der Waals surface area contributed by atoms with E-state index in [4.69, 9.17) is 0 Å². The average molecular weight is 284 g/mol. The highest BCUT2D eigenvalue weighted by Gasteiger charge is 2.36. The third-order valence-electron chi connectivity index (χ3n) is 4.09. The van der Waals surface area contributed by atoms with Crippen molar-refractivity contribution in [2.75, 3.05) is 19.6 Å². The molecule has 1 aromatic rings. The van der Waals surface area contributed by atoms with Gasteiger partial charge in [-0.2, -0.15) is 0 Å². The van der Waals surface area contributed by atoms with Gasteiger partial charge >= 0.3 is 0 Å². The van der Waals surface area contributed by atoms with Crippen LogP contribution in [0.1, 0.15) is 12.8 Å². The summed E-state index contributed by atoms with van der Waals surface area (Å²) in [4.78, 5) is 2.00. The van der Waals surface area contributed by atoms with Gasteiger partial charge < -0.3 is 4.90 Å². The Bertz CT molecular complexity index is 568. The lowest BCUT2D eigenvalue weighted by atomic mass is 9.85. The quantitative estimate of drug-likeness (QED) is 0.907. The number of nitrogens with zero attached hydrogens (tertiary/aromatic N) is 1. The molecule has 1 unspecified atom stereocenters. The van der Waals surface area contributed by atoms with E-state index in [0.717, 1.165) is 32.5 Å². The van der Waals surface area contributed by atoms with Gasteiger partial charge in [0.1, 0.15) is 10.7 Å². The van der Waals surface area contributed by atoms with E-state index < -0.39 is 15.8 Å². The molecule has 0 saturated carbocycles. The van der Waals surface area contributed by atoms with Gasteiger partial charge in [-0.3, -0.25) is 0 Å². The summed E-state index contributed by atoms with van der Waals surface area (Å²) < 4.78 is 40.7. The van der Waals surface area contributed by atoms with Crippen molar-refractivity contribution in [3.05, 3.63) is 30.1 Å². The molecule has 0 radical (unpaired) electrons. The van der Waals surface area contributed by atoms with Gasteiger partial charge in [0.05, 0.1) is 0 Å². The summed E-state index contributed by atoms with van der Waals surface area (Å²) in [5.74, 6) is -0.317. The number of sulfonamides is 1. The fourth-order valence-electron chi connectivity index (χ4n) is 3.02. The van der Waals surface area contributed by atoms with Crippen LogP contribution in [0.4, 0.5) is 4.39 Å². The zero-order chi connectivity index (χ0) is 13.5. The van der Waals surface area contributed by atoms with E-state index in [1.165, 1.54) is 24.3 Å². The first kappa shape index (κ1) is 13.0. The minimum atomic E-state index is -3.76. The Labute approximate surface area is 112 Å². The largest absolute Gasteiger partial charge is 0.302 e. The number of piperidine rings is 3. The Balaban J connectivity index is 1.81. The fourth-order valence-corrected chi connectivity index (χ4v) is 4.40. The summed E-state index contributed by atoms with van der Waals surface area (Å²) in [6, 6.07) is 5.41. The lowest BCUT2D eigenvalue weighted by Gasteiger charge is -2.44. The van der Waals surface area contributed by atoms with E-state index >= 15 is 0 Å². The van der Waals surface area contributed by atoms with Crippen LogP contribution in [0.15, 0.2) is 29.2 Å². The average Bonchev–Trinajstić information content (AvgIpc) is 2.40. The molecule has 1 aromatic carbocycles. The topological polar surface area (TPSA) is 49.4 Å². The highest BCUT2D eigenvalue weighted by atomic mass is 32.2. The molecule has 104 valence electrons. The van der Waals surface area contributed by atoms with Gasteiger partial charge in [0, 0.05) is 12.6 Å². The van der Waals surface area contributed by atoms with Crippen molar-refractivity contribution in [2.45, 2.75) is 23.8 Å². The van der Waals surface area contributed by atoms with Crippen LogP contribution in [0.5, 0.6) is 0 Å². The highest BCUT2D eigenvalue weighted by molar-refractivity contribution is 7.89. The molecule has 0 aliphatic carbocycles. The maximum atomic E-state index is 13.6. The summed E-state index contributed by atoms with van der Waals surface area (Å²) in [5.41, 5.74) is 0. The second kappa shape index (κ2) is 4.85. The maximum Gasteiger partial charge on any atom is 0.243 e. The molecular weight excluding hydrogens is 267 g/mol. The molecule has 4 rings (SSSR count). The maximum absolute atomic E-state index is 13.6. The number of halogens is 1. The molecule has 2 bridgehead atoms. The first-order valence-corrected chi connectivity index (χ1v) is 8.04. The molecular formula is C13H17FN2O2S. The second-order valence-corrected chi connectivity index (χ2v) is 6.98. The Kier molecular flexibility index (Phi) is 3.32. The van der Waals surface area contributed by atoms with Crippen LogP contribution in [0.25, 0.3) is 0 Å². The molecule has 0 spiro atoms. The summed E-state index contributed by atoms with van der Waals surface area (Å²) in [6.07, 6.45) is 2.04. The van der Waals surface area contributed by atoms with Crippen LogP contribution < -0.4 is 4.72 Å². The molecule has 1 atom stereocenters. The molecule has 19 heavy (non-hydrogen) atoms. The van der Waals surface area contributed by atoms with Crippen molar-refractivity contribution in [3.63, 3.8) is 0 Å². The third kappa shape index (κ3) is 2.52. The van der Waals surface area contributed by atoms with E-state index in [9.17, 15) is 12.8 Å². The van der Waals surface area contributed by atoms with Crippen LogP contribution in [-0.4, -0.2) is 39.0 Å². The zero-order valence-corrected chi connectivity index (χ0v) is 11.4. The lowest BCUT2D eigenvalue weighted by molar-refractivity contribution is 0.0827. The van der Waals surface area contributed by atoms with Crippen molar-refractivity contribution >= 4 is 10.0 Å². The molecule has 6 heteroatoms. The lowest BCUT2D eigenvalue weighted by Crippen LogP contribution is -2.57. The van der Waals surface area contributed by atoms with E-state index in [1.807, 2.05) is 0 Å². The van der Waals surface area contributed by atoms with Crippen molar-refractivity contribution in [1.82, 2.24) is 9.62 Å². The van der Waals surface area contributed by atoms with Crippen LogP contribution in [0.3, 0.4) is 0 Å². The molecule has 3 fully saturated rings. The predicted molar refractivity (Wildman–Crippen MR) is 69.7 cm³/mol. The fraction of sp³-hybridized carbons (Fsp3) is 0.538. The molecule has 1 N–H and O–H groups in total. The number of rotatable bonds is 3. The van der Waals surface area contributed by atoms with Gasteiger partial charge in [-0.05, 0) is 44.0 Å². The molecule has 4 nitrogen and oxygen atoms in total. The zero-order valence-electron chi connectivity index (χ0n) is 10.5. The first-order valence-electron chi connectivity index (χ1n) is 6.55. The van der Waals surface area contributed by atoms with Crippen molar-refractivity contribution in [1.29, 1.82) is 0 Å². The van der Waals surface area contributed by atoms with Gasteiger partial charge in [-0.25, -0.2) is 17.5 Å². The van der Waals surface area contributed by atoms with E-state index in [-0.39, 0.29) is 10.9 Å². The molecule has 3 saturated heterocycles. The van der Waals surface area contributed by atoms with Gasteiger partial charge in [0.25, 0.3) is 0 Å². The van der Waals surface area contributed by atoms with Gasteiger partial charge in [-0.1, -0.05) is 12.1 Å². The third-order valence-corrected chi connectivity index (χ3v) is 5.61. The Morgan fingerprint density at radius 1 is 1.21 bits per heavy atom. The molecule has 0 aromatic heterocycles. The monoisotopic (exact) mass is 284 g/mol. The van der Waals surface area contributed by atoms with E-state index in [0.29, 0.717) is 5.92 Å². The standard InChI is InChI=1S/C13H17FN2O2S/c14-11-3-1-2-4-13(11)19(17,18)15-12-9-16-7-5-10(12)6-8-16/h1-4,10,12,15H,5-9H2. The predicted octanol–water partition coefficient (Wildman–Crippen LogP) is 1.20. The molecule has 3 aliphatic rings. The smallest absolute Gasteiger partial charge is 0.243 e. The van der Waals surface area contributed by atoms with Gasteiger partial charge in [0.2, 0.25) is 10.0 Å². The molecule has 3 heterocycles. The summed E-state index contributed by atoms with van der Waals surface area (Å²) in [5, 5.41) is 0. The number of hydrogen-bond donors (Lipinski definition) is 1. The normalized spacial score (nSPS) is 30.5. The minimum Gasteiger partial charge on any atom is -0.302 e. The highest BCUT2D eigenvalue weighted by Crippen LogP contribution is 2.28. The van der Waals surface area contributed by atoms with Crippen molar-refractivity contribution in [3.8, 4) is 0 Å². The Hall–Kier alpha value is -0.980. The van der Waals surface area contributed by atoms with Gasteiger partial charge in [-0.15, -0.1) is 0 Å². The number of nitrogens with one attached hydrogen (secondary N) is 1. The Morgan fingerprint density at radius 3 is 2.47 bits per heavy atom. The van der Waals surface area contributed by atoms with Crippen LogP contribution >= 0.6 is 0 Å². The van der Waals surface area contributed by atoms with Crippen LogP contribution in [-0.2, 0) is 10.0 Å². The minimum absolute atomic E-state index is 0.0906. The number of hydrogen-bond acceptors (Lipinski definition) is 3. The molecule has 3 aliphatic heterocycles. The summed E-state index contributed by atoms with van der Waals surface area (Å²) >= 11 is 0. The number of benzene rings is 1. The second-order valence-electron chi connectivity index (χ2n) is 5.30. The van der Waals surface area contributed by atoms with Crippen molar-refractivity contribution in [2.24, 2.45) is 5.92 Å². The first-order chi connectivity index (χ1) is 9.06. The molecule has 0 amide bonds. The van der Waals surface area contributed by atoms with Crippen LogP contribution in [0.2, 0.25) is 0 Å². The summed E-state index contributed by atoms with van der Waals surface area (Å²) in [7, 11) is -3.76. The SMILES string of the molecule is O=S(=O)(NC1CN2CCC1CC2)c1ccccc1F. The van der Waals surface area contributed by atoms with Gasteiger partial charge in [0.15, 0.2) is 0 Å².